The topological polar surface area (TPSA) is 130 Å². The summed E-state index contributed by atoms with van der Waals surface area (Å²) in [5.74, 6) is -4.23. The SMILES string of the molecule is N[C@@]1(C(=O)NCC(C(=O)O)c2ccccc2)CC[C@H]2[C@H](C(=O)O)[C@H]21. The van der Waals surface area contributed by atoms with E-state index in [-0.39, 0.29) is 18.4 Å². The highest BCUT2D eigenvalue weighted by molar-refractivity contribution is 5.90. The Morgan fingerprint density at radius 2 is 1.92 bits per heavy atom. The number of hydrogen-bond donors (Lipinski definition) is 4. The first-order valence-electron chi connectivity index (χ1n) is 7.94. The van der Waals surface area contributed by atoms with Crippen LogP contribution in [0.2, 0.25) is 0 Å². The number of benzene rings is 1. The Morgan fingerprint density at radius 3 is 2.46 bits per heavy atom. The Hall–Kier alpha value is -2.41. The van der Waals surface area contributed by atoms with Gasteiger partial charge in [0.2, 0.25) is 5.91 Å². The first kappa shape index (κ1) is 16.4. The molecule has 2 saturated carbocycles. The van der Waals surface area contributed by atoms with Gasteiger partial charge in [-0.3, -0.25) is 14.4 Å². The summed E-state index contributed by atoms with van der Waals surface area (Å²) in [4.78, 5) is 35.1. The molecule has 0 saturated heterocycles. The zero-order chi connectivity index (χ0) is 17.5. The van der Waals surface area contributed by atoms with Crippen LogP contribution in [-0.4, -0.2) is 40.1 Å². The van der Waals surface area contributed by atoms with Crippen LogP contribution < -0.4 is 11.1 Å². The molecule has 128 valence electrons. The van der Waals surface area contributed by atoms with Crippen LogP contribution in [0.15, 0.2) is 30.3 Å². The van der Waals surface area contributed by atoms with E-state index in [2.05, 4.69) is 5.32 Å². The number of fused-ring (bicyclic) bond motifs is 1. The third kappa shape index (κ3) is 2.65. The zero-order valence-electron chi connectivity index (χ0n) is 13.0. The number of rotatable bonds is 6. The number of carbonyl (C=O) groups is 3. The fourth-order valence-electron chi connectivity index (χ4n) is 4.00. The van der Waals surface area contributed by atoms with Gasteiger partial charge in [-0.15, -0.1) is 0 Å². The fourth-order valence-corrected chi connectivity index (χ4v) is 4.00. The van der Waals surface area contributed by atoms with Gasteiger partial charge in [-0.05, 0) is 24.3 Å². The van der Waals surface area contributed by atoms with Crippen LogP contribution >= 0.6 is 0 Å². The molecule has 2 aliphatic carbocycles. The number of nitrogens with two attached hydrogens (primary N) is 1. The molecule has 3 rings (SSSR count). The summed E-state index contributed by atoms with van der Waals surface area (Å²) in [6.07, 6.45) is 1.05. The van der Waals surface area contributed by atoms with Crippen molar-refractivity contribution in [2.24, 2.45) is 23.5 Å². The molecule has 0 bridgehead atoms. The van der Waals surface area contributed by atoms with Gasteiger partial charge in [0.05, 0.1) is 17.4 Å². The lowest BCUT2D eigenvalue weighted by molar-refractivity contribution is -0.140. The highest BCUT2D eigenvalue weighted by atomic mass is 16.4. The van der Waals surface area contributed by atoms with Crippen LogP contribution in [0.3, 0.4) is 0 Å². The second kappa shape index (κ2) is 5.90. The normalized spacial score (nSPS) is 31.8. The second-order valence-corrected chi connectivity index (χ2v) is 6.64. The van der Waals surface area contributed by atoms with Gasteiger partial charge in [-0.25, -0.2) is 0 Å². The van der Waals surface area contributed by atoms with Gasteiger partial charge in [0, 0.05) is 12.5 Å². The highest BCUT2D eigenvalue weighted by Gasteiger charge is 2.69. The van der Waals surface area contributed by atoms with E-state index >= 15 is 0 Å². The largest absolute Gasteiger partial charge is 0.481 e. The van der Waals surface area contributed by atoms with E-state index in [1.54, 1.807) is 30.3 Å². The quantitative estimate of drug-likeness (QED) is 0.597. The summed E-state index contributed by atoms with van der Waals surface area (Å²) >= 11 is 0. The van der Waals surface area contributed by atoms with E-state index in [0.29, 0.717) is 18.4 Å². The molecule has 1 amide bonds. The summed E-state index contributed by atoms with van der Waals surface area (Å²) in [5.41, 5.74) is 5.57. The summed E-state index contributed by atoms with van der Waals surface area (Å²) in [5, 5.41) is 21.2. The van der Waals surface area contributed by atoms with Crippen molar-refractivity contribution >= 4 is 17.8 Å². The monoisotopic (exact) mass is 332 g/mol. The Kier molecular flexibility index (Phi) is 4.04. The Balaban J connectivity index is 1.67. The van der Waals surface area contributed by atoms with Gasteiger partial charge in [-0.1, -0.05) is 30.3 Å². The van der Waals surface area contributed by atoms with Gasteiger partial charge >= 0.3 is 11.9 Å². The lowest BCUT2D eigenvalue weighted by atomic mass is 9.90. The standard InChI is InChI=1S/C17H20N2O5/c18-17(7-6-10-12(13(10)17)15(22)23)16(24)19-8-11(14(20)21)9-4-2-1-3-5-9/h1-5,10-13H,6-8,18H2,(H,19,24)(H,20,21)(H,22,23)/t10-,11?,12-,13-,17-/m0/s1. The van der Waals surface area contributed by atoms with Gasteiger partial charge < -0.3 is 21.3 Å². The number of amides is 1. The van der Waals surface area contributed by atoms with Crippen LogP contribution in [0.4, 0.5) is 0 Å². The molecule has 0 heterocycles. The van der Waals surface area contributed by atoms with E-state index in [9.17, 15) is 19.5 Å². The maximum Gasteiger partial charge on any atom is 0.312 e. The predicted molar refractivity (Wildman–Crippen MR) is 84.1 cm³/mol. The predicted octanol–water partition coefficient (Wildman–Crippen LogP) is 0.409. The van der Waals surface area contributed by atoms with Crippen LogP contribution in [-0.2, 0) is 14.4 Å². The number of aliphatic carboxylic acids is 2. The maximum atomic E-state index is 12.5. The molecular weight excluding hydrogens is 312 g/mol. The second-order valence-electron chi connectivity index (χ2n) is 6.64. The van der Waals surface area contributed by atoms with Crippen molar-refractivity contribution in [1.82, 2.24) is 5.32 Å². The third-order valence-corrected chi connectivity index (χ3v) is 5.33. The van der Waals surface area contributed by atoms with Crippen LogP contribution in [0, 0.1) is 17.8 Å². The molecule has 0 spiro atoms. The van der Waals surface area contributed by atoms with Crippen LogP contribution in [0.5, 0.6) is 0 Å². The van der Waals surface area contributed by atoms with Crippen molar-refractivity contribution in [3.63, 3.8) is 0 Å². The third-order valence-electron chi connectivity index (χ3n) is 5.33. The Labute approximate surface area is 138 Å². The molecule has 1 aromatic rings. The molecule has 5 atom stereocenters. The van der Waals surface area contributed by atoms with Gasteiger partial charge in [0.25, 0.3) is 0 Å². The lowest BCUT2D eigenvalue weighted by Crippen LogP contribution is -2.56. The molecule has 0 radical (unpaired) electrons. The van der Waals surface area contributed by atoms with Crippen molar-refractivity contribution in [2.75, 3.05) is 6.54 Å². The minimum Gasteiger partial charge on any atom is -0.481 e. The molecule has 1 aromatic carbocycles. The molecule has 0 aromatic heterocycles. The van der Waals surface area contributed by atoms with Crippen molar-refractivity contribution < 1.29 is 24.6 Å². The molecule has 0 aliphatic heterocycles. The molecule has 2 aliphatic rings. The number of hydrogen-bond acceptors (Lipinski definition) is 4. The molecule has 7 nitrogen and oxygen atoms in total. The molecule has 24 heavy (non-hydrogen) atoms. The Morgan fingerprint density at radius 1 is 1.25 bits per heavy atom. The summed E-state index contributed by atoms with van der Waals surface area (Å²) < 4.78 is 0. The van der Waals surface area contributed by atoms with Gasteiger partial charge in [0.15, 0.2) is 0 Å². The fraction of sp³-hybridized carbons (Fsp3) is 0.471. The van der Waals surface area contributed by atoms with Crippen molar-refractivity contribution in [3.05, 3.63) is 35.9 Å². The highest BCUT2D eigenvalue weighted by Crippen LogP contribution is 2.61. The molecular formula is C17H20N2O5. The summed E-state index contributed by atoms with van der Waals surface area (Å²) in [7, 11) is 0. The van der Waals surface area contributed by atoms with E-state index in [1.165, 1.54) is 0 Å². The number of carboxylic acid groups (broad SMARTS) is 2. The van der Waals surface area contributed by atoms with E-state index in [0.717, 1.165) is 0 Å². The van der Waals surface area contributed by atoms with Gasteiger partial charge in [-0.2, -0.15) is 0 Å². The van der Waals surface area contributed by atoms with E-state index in [4.69, 9.17) is 10.8 Å². The smallest absolute Gasteiger partial charge is 0.312 e. The molecule has 1 unspecified atom stereocenters. The van der Waals surface area contributed by atoms with Crippen LogP contribution in [0.1, 0.15) is 24.3 Å². The van der Waals surface area contributed by atoms with Crippen molar-refractivity contribution in [3.8, 4) is 0 Å². The number of carboxylic acids is 2. The first-order valence-corrected chi connectivity index (χ1v) is 7.94. The number of carbonyl (C=O) groups excluding carboxylic acids is 1. The minimum absolute atomic E-state index is 0.0392. The lowest BCUT2D eigenvalue weighted by Gasteiger charge is -2.26. The van der Waals surface area contributed by atoms with Crippen molar-refractivity contribution in [2.45, 2.75) is 24.3 Å². The van der Waals surface area contributed by atoms with Crippen LogP contribution in [0.25, 0.3) is 0 Å². The van der Waals surface area contributed by atoms with E-state index in [1.807, 2.05) is 0 Å². The maximum absolute atomic E-state index is 12.5. The molecule has 5 N–H and O–H groups in total. The molecule has 7 heteroatoms. The first-order chi connectivity index (χ1) is 11.4. The molecule has 2 fully saturated rings. The zero-order valence-corrected chi connectivity index (χ0v) is 13.0. The van der Waals surface area contributed by atoms with Crippen molar-refractivity contribution in [1.29, 1.82) is 0 Å². The minimum atomic E-state index is -1.21. The number of nitrogens with one attached hydrogen (secondary N) is 1. The average Bonchev–Trinajstić information content (AvgIpc) is 3.20. The summed E-state index contributed by atoms with van der Waals surface area (Å²) in [6.45, 7) is -0.0771. The average molecular weight is 332 g/mol. The Bertz CT molecular complexity index is 677. The summed E-state index contributed by atoms with van der Waals surface area (Å²) in [6, 6.07) is 8.64. The van der Waals surface area contributed by atoms with E-state index < -0.39 is 35.2 Å². The van der Waals surface area contributed by atoms with Gasteiger partial charge in [0.1, 0.15) is 0 Å².